The zero-order valence-corrected chi connectivity index (χ0v) is 15.9. The fraction of sp³-hybridized carbons (Fsp3) is 0. The Morgan fingerprint density at radius 3 is 2.69 bits per heavy atom. The summed E-state index contributed by atoms with van der Waals surface area (Å²) in [4.78, 5) is 21.2. The lowest BCUT2D eigenvalue weighted by Gasteiger charge is -2.04. The van der Waals surface area contributed by atoms with E-state index in [0.717, 1.165) is 16.2 Å². The summed E-state index contributed by atoms with van der Waals surface area (Å²) in [5.74, 6) is 0.152. The minimum atomic E-state index is -0.434. The first-order valence-electron chi connectivity index (χ1n) is 8.92. The van der Waals surface area contributed by atoms with Crippen molar-refractivity contribution in [1.82, 2.24) is 4.98 Å². The maximum absolute atomic E-state index is 12.3. The van der Waals surface area contributed by atoms with Crippen LogP contribution in [0.3, 0.4) is 0 Å². The molecule has 0 amide bonds. The van der Waals surface area contributed by atoms with Gasteiger partial charge in [-0.1, -0.05) is 48.5 Å². The third kappa shape index (κ3) is 3.19. The Balaban J connectivity index is 1.53. The van der Waals surface area contributed by atoms with Crippen molar-refractivity contribution in [1.29, 1.82) is 0 Å². The van der Waals surface area contributed by atoms with Gasteiger partial charge in [0.15, 0.2) is 0 Å². The molecule has 0 aliphatic rings. The average Bonchev–Trinajstić information content (AvgIpc) is 3.21. The van der Waals surface area contributed by atoms with E-state index in [0.29, 0.717) is 27.5 Å². The maximum atomic E-state index is 12.3. The maximum Gasteiger partial charge on any atom is 0.345 e. The van der Waals surface area contributed by atoms with E-state index < -0.39 is 5.63 Å². The molecule has 0 bridgehead atoms. The smallest absolute Gasteiger partial charge is 0.345 e. The quantitative estimate of drug-likeness (QED) is 0.320. The van der Waals surface area contributed by atoms with Crippen LogP contribution in [0.1, 0.15) is 5.56 Å². The molecule has 0 radical (unpaired) electrons. The predicted octanol–water partition coefficient (Wildman–Crippen LogP) is 5.53. The lowest BCUT2D eigenvalue weighted by Crippen LogP contribution is -2.02. The SMILES string of the molecule is O=c1oc2ccccc2cc1-c1csc(N=Cc2c(O)ccc3ccccc23)n1. The number of fused-ring (bicyclic) bond motifs is 2. The van der Waals surface area contributed by atoms with Gasteiger partial charge in [0.25, 0.3) is 0 Å². The molecule has 0 aliphatic heterocycles. The number of rotatable bonds is 3. The Morgan fingerprint density at radius 2 is 1.79 bits per heavy atom. The minimum absolute atomic E-state index is 0.152. The van der Waals surface area contributed by atoms with Gasteiger partial charge in [0.2, 0.25) is 5.13 Å². The van der Waals surface area contributed by atoms with Crippen LogP contribution in [0.15, 0.2) is 86.3 Å². The Hall–Kier alpha value is -3.77. The summed E-state index contributed by atoms with van der Waals surface area (Å²) in [6.45, 7) is 0. The number of phenols is 1. The number of aliphatic imine (C=N–C) groups is 1. The first kappa shape index (κ1) is 17.3. The molecule has 0 unspecified atom stereocenters. The molecular weight excluding hydrogens is 384 g/mol. The summed E-state index contributed by atoms with van der Waals surface area (Å²) in [5, 5.41) is 15.3. The number of aromatic nitrogens is 1. The molecule has 5 aromatic rings. The van der Waals surface area contributed by atoms with Crippen molar-refractivity contribution < 1.29 is 9.52 Å². The zero-order valence-electron chi connectivity index (χ0n) is 15.1. The summed E-state index contributed by atoms with van der Waals surface area (Å²) >= 11 is 1.32. The van der Waals surface area contributed by atoms with Crippen LogP contribution in [0.25, 0.3) is 33.0 Å². The van der Waals surface area contributed by atoms with Crippen molar-refractivity contribution in [3.63, 3.8) is 0 Å². The third-order valence-corrected chi connectivity index (χ3v) is 5.41. The molecule has 0 saturated carbocycles. The summed E-state index contributed by atoms with van der Waals surface area (Å²) in [6, 6.07) is 20.4. The van der Waals surface area contributed by atoms with E-state index in [1.165, 1.54) is 11.3 Å². The van der Waals surface area contributed by atoms with Crippen LogP contribution in [0.5, 0.6) is 5.75 Å². The highest BCUT2D eigenvalue weighted by Gasteiger charge is 2.11. The number of hydrogen-bond donors (Lipinski definition) is 1. The molecule has 0 atom stereocenters. The van der Waals surface area contributed by atoms with Gasteiger partial charge in [0.1, 0.15) is 11.3 Å². The minimum Gasteiger partial charge on any atom is -0.507 e. The van der Waals surface area contributed by atoms with E-state index in [1.54, 1.807) is 29.8 Å². The van der Waals surface area contributed by atoms with Crippen molar-refractivity contribution in [2.75, 3.05) is 0 Å². The van der Waals surface area contributed by atoms with Crippen molar-refractivity contribution in [3.8, 4) is 17.0 Å². The van der Waals surface area contributed by atoms with Crippen molar-refractivity contribution in [3.05, 3.63) is 88.1 Å². The van der Waals surface area contributed by atoms with E-state index in [-0.39, 0.29) is 5.75 Å². The van der Waals surface area contributed by atoms with Crippen LogP contribution < -0.4 is 5.63 Å². The van der Waals surface area contributed by atoms with Crippen LogP contribution in [-0.2, 0) is 0 Å². The summed E-state index contributed by atoms with van der Waals surface area (Å²) in [5.41, 5.74) is 1.65. The molecule has 1 N–H and O–H groups in total. The molecule has 0 spiro atoms. The lowest BCUT2D eigenvalue weighted by molar-refractivity contribution is 0.475. The third-order valence-electron chi connectivity index (χ3n) is 4.66. The highest BCUT2D eigenvalue weighted by atomic mass is 32.1. The van der Waals surface area contributed by atoms with E-state index >= 15 is 0 Å². The van der Waals surface area contributed by atoms with E-state index in [1.807, 2.05) is 48.5 Å². The molecule has 0 fully saturated rings. The number of hydrogen-bond acceptors (Lipinski definition) is 6. The van der Waals surface area contributed by atoms with Crippen molar-refractivity contribution in [2.45, 2.75) is 0 Å². The number of benzene rings is 3. The normalized spacial score (nSPS) is 11.6. The molecular formula is C23H14N2O3S. The van der Waals surface area contributed by atoms with Gasteiger partial charge < -0.3 is 9.52 Å². The fourth-order valence-electron chi connectivity index (χ4n) is 3.23. The Labute approximate surface area is 169 Å². The van der Waals surface area contributed by atoms with Gasteiger partial charge in [-0.05, 0) is 29.0 Å². The van der Waals surface area contributed by atoms with Gasteiger partial charge in [-0.15, -0.1) is 11.3 Å². The Kier molecular flexibility index (Phi) is 4.18. The number of aromatic hydroxyl groups is 1. The lowest BCUT2D eigenvalue weighted by atomic mass is 10.0. The van der Waals surface area contributed by atoms with Gasteiger partial charge in [0.05, 0.1) is 11.3 Å². The highest BCUT2D eigenvalue weighted by Crippen LogP contribution is 2.29. The Bertz CT molecular complexity index is 1450. The molecule has 6 heteroatoms. The van der Waals surface area contributed by atoms with E-state index in [2.05, 4.69) is 9.98 Å². The number of thiazole rings is 1. The van der Waals surface area contributed by atoms with Gasteiger partial charge in [-0.2, -0.15) is 0 Å². The monoisotopic (exact) mass is 398 g/mol. The number of nitrogens with zero attached hydrogens (tertiary/aromatic N) is 2. The number of para-hydroxylation sites is 1. The van der Waals surface area contributed by atoms with E-state index in [9.17, 15) is 9.90 Å². The molecule has 2 aromatic heterocycles. The molecule has 140 valence electrons. The van der Waals surface area contributed by atoms with Crippen molar-refractivity contribution in [2.24, 2.45) is 4.99 Å². The summed E-state index contributed by atoms with van der Waals surface area (Å²) < 4.78 is 5.39. The Morgan fingerprint density at radius 1 is 1.00 bits per heavy atom. The second-order valence-corrected chi connectivity index (χ2v) is 7.31. The van der Waals surface area contributed by atoms with Crippen LogP contribution in [0.2, 0.25) is 0 Å². The largest absolute Gasteiger partial charge is 0.507 e. The van der Waals surface area contributed by atoms with Gasteiger partial charge in [-0.25, -0.2) is 14.8 Å². The van der Waals surface area contributed by atoms with Gasteiger partial charge in [0, 0.05) is 22.5 Å². The van der Waals surface area contributed by atoms with E-state index in [4.69, 9.17) is 4.42 Å². The molecule has 29 heavy (non-hydrogen) atoms. The highest BCUT2D eigenvalue weighted by molar-refractivity contribution is 7.13. The molecule has 0 saturated heterocycles. The number of phenolic OH excluding ortho intramolecular Hbond substituents is 1. The molecule has 2 heterocycles. The van der Waals surface area contributed by atoms with Gasteiger partial charge in [-0.3, -0.25) is 0 Å². The topological polar surface area (TPSA) is 75.7 Å². The van der Waals surface area contributed by atoms with Crippen LogP contribution in [0.4, 0.5) is 5.13 Å². The first-order valence-corrected chi connectivity index (χ1v) is 9.80. The second kappa shape index (κ2) is 7.00. The molecule has 3 aromatic carbocycles. The predicted molar refractivity (Wildman–Crippen MR) is 116 cm³/mol. The van der Waals surface area contributed by atoms with Gasteiger partial charge >= 0.3 is 5.63 Å². The molecule has 5 nitrogen and oxygen atoms in total. The average molecular weight is 398 g/mol. The zero-order chi connectivity index (χ0) is 19.8. The van der Waals surface area contributed by atoms with Crippen molar-refractivity contribution >= 4 is 44.4 Å². The molecule has 5 rings (SSSR count). The molecule has 0 aliphatic carbocycles. The van der Waals surface area contributed by atoms with Crippen LogP contribution >= 0.6 is 11.3 Å². The standard InChI is InChI=1S/C23H14N2O3S/c26-20-10-9-14-5-1-3-7-16(14)18(20)12-24-23-25-19(13-29-23)17-11-15-6-2-4-8-21(15)28-22(17)27/h1-13,26H. The fourth-order valence-corrected chi connectivity index (χ4v) is 3.89. The van der Waals surface area contributed by atoms with Crippen LogP contribution in [0, 0.1) is 0 Å². The van der Waals surface area contributed by atoms with Crippen LogP contribution in [-0.4, -0.2) is 16.3 Å². The first-order chi connectivity index (χ1) is 14.2. The second-order valence-electron chi connectivity index (χ2n) is 6.48. The summed E-state index contributed by atoms with van der Waals surface area (Å²) in [7, 11) is 0. The summed E-state index contributed by atoms with van der Waals surface area (Å²) in [6.07, 6.45) is 1.60.